The van der Waals surface area contributed by atoms with Gasteiger partial charge in [-0.25, -0.2) is 4.79 Å². The van der Waals surface area contributed by atoms with Crippen LogP contribution in [-0.4, -0.2) is 46.9 Å². The molecule has 7 heteroatoms. The number of nitriles is 1. The monoisotopic (exact) mass is 225 g/mol. The Morgan fingerprint density at radius 3 is 2.75 bits per heavy atom. The zero-order valence-corrected chi connectivity index (χ0v) is 8.47. The molecule has 16 heavy (non-hydrogen) atoms. The van der Waals surface area contributed by atoms with Gasteiger partial charge in [-0.1, -0.05) is 0 Å². The van der Waals surface area contributed by atoms with Crippen molar-refractivity contribution in [3.63, 3.8) is 0 Å². The maximum Gasteiger partial charge on any atom is 0.326 e. The van der Waals surface area contributed by atoms with E-state index in [9.17, 15) is 14.4 Å². The fourth-order valence-electron chi connectivity index (χ4n) is 1.59. The van der Waals surface area contributed by atoms with Crippen LogP contribution in [0.1, 0.15) is 12.8 Å². The van der Waals surface area contributed by atoms with E-state index in [2.05, 4.69) is 5.32 Å². The number of amides is 2. The predicted octanol–water partition coefficient (Wildman–Crippen LogP) is -1.30. The average Bonchev–Trinajstić information content (AvgIpc) is 2.73. The summed E-state index contributed by atoms with van der Waals surface area (Å²) in [6, 6.07) is 0.729. The standard InChI is InChI=1S/C9H11N3O4/c10-3-4-11-7(13)8(14)12-5-1-2-6(12)9(15)16/h6H,1-2,4-5H2,(H,11,13)(H,15,16). The summed E-state index contributed by atoms with van der Waals surface area (Å²) in [6.07, 6.45) is 0.918. The molecule has 1 fully saturated rings. The maximum atomic E-state index is 11.5. The van der Waals surface area contributed by atoms with Gasteiger partial charge in [0.05, 0.1) is 6.07 Å². The summed E-state index contributed by atoms with van der Waals surface area (Å²) in [5, 5.41) is 19.1. The molecule has 2 amide bonds. The second kappa shape index (κ2) is 5.11. The third-order valence-electron chi connectivity index (χ3n) is 2.32. The summed E-state index contributed by atoms with van der Waals surface area (Å²) in [6.45, 7) is -0.00801. The summed E-state index contributed by atoms with van der Waals surface area (Å²) in [5.41, 5.74) is 0. The van der Waals surface area contributed by atoms with Crippen LogP contribution in [0.25, 0.3) is 0 Å². The molecule has 1 saturated heterocycles. The Kier molecular flexibility index (Phi) is 3.83. The largest absolute Gasteiger partial charge is 0.480 e. The number of hydrogen-bond acceptors (Lipinski definition) is 4. The van der Waals surface area contributed by atoms with Gasteiger partial charge in [0, 0.05) is 6.54 Å². The predicted molar refractivity (Wildman–Crippen MR) is 51.0 cm³/mol. The maximum absolute atomic E-state index is 11.5. The van der Waals surface area contributed by atoms with E-state index in [1.807, 2.05) is 0 Å². The van der Waals surface area contributed by atoms with Crippen molar-refractivity contribution < 1.29 is 19.5 Å². The number of aliphatic carboxylic acids is 1. The molecule has 1 heterocycles. The first-order valence-electron chi connectivity index (χ1n) is 4.76. The number of carboxylic acids is 1. The summed E-state index contributed by atoms with van der Waals surface area (Å²) in [5.74, 6) is -2.94. The molecule has 0 aromatic rings. The molecule has 1 atom stereocenters. The lowest BCUT2D eigenvalue weighted by Crippen LogP contribution is -2.47. The van der Waals surface area contributed by atoms with Crippen LogP contribution in [0.15, 0.2) is 0 Å². The van der Waals surface area contributed by atoms with E-state index < -0.39 is 23.8 Å². The van der Waals surface area contributed by atoms with Crippen molar-refractivity contribution in [2.24, 2.45) is 0 Å². The van der Waals surface area contributed by atoms with Gasteiger partial charge in [-0.05, 0) is 12.8 Å². The number of nitrogens with one attached hydrogen (secondary N) is 1. The van der Waals surface area contributed by atoms with Crippen molar-refractivity contribution in [2.45, 2.75) is 18.9 Å². The average molecular weight is 225 g/mol. The molecule has 0 radical (unpaired) electrons. The van der Waals surface area contributed by atoms with E-state index in [1.54, 1.807) is 6.07 Å². The van der Waals surface area contributed by atoms with E-state index in [1.165, 1.54) is 0 Å². The number of likely N-dealkylation sites (tertiary alicyclic amines) is 1. The van der Waals surface area contributed by atoms with Gasteiger partial charge in [-0.15, -0.1) is 0 Å². The number of hydrogen-bond donors (Lipinski definition) is 2. The fraction of sp³-hybridized carbons (Fsp3) is 0.556. The zero-order chi connectivity index (χ0) is 12.1. The van der Waals surface area contributed by atoms with Crippen LogP contribution in [0.3, 0.4) is 0 Å². The van der Waals surface area contributed by atoms with Gasteiger partial charge in [-0.2, -0.15) is 5.26 Å². The van der Waals surface area contributed by atoms with Crippen LogP contribution in [0, 0.1) is 11.3 Å². The molecule has 0 spiro atoms. The van der Waals surface area contributed by atoms with E-state index in [4.69, 9.17) is 10.4 Å². The molecule has 0 aromatic carbocycles. The Hall–Kier alpha value is -2.10. The Morgan fingerprint density at radius 2 is 2.19 bits per heavy atom. The molecular weight excluding hydrogens is 214 g/mol. The van der Waals surface area contributed by atoms with E-state index in [0.29, 0.717) is 12.8 Å². The first-order valence-corrected chi connectivity index (χ1v) is 4.76. The minimum Gasteiger partial charge on any atom is -0.480 e. The third-order valence-corrected chi connectivity index (χ3v) is 2.32. The highest BCUT2D eigenvalue weighted by Gasteiger charge is 2.36. The minimum absolute atomic E-state index is 0.260. The second-order valence-corrected chi connectivity index (χ2v) is 3.34. The molecule has 1 unspecified atom stereocenters. The van der Waals surface area contributed by atoms with Crippen molar-refractivity contribution in [2.75, 3.05) is 13.1 Å². The number of carbonyl (C=O) groups excluding carboxylic acids is 2. The van der Waals surface area contributed by atoms with Crippen molar-refractivity contribution in [1.29, 1.82) is 5.26 Å². The van der Waals surface area contributed by atoms with Gasteiger partial charge in [0.15, 0.2) is 0 Å². The molecule has 1 aliphatic heterocycles. The van der Waals surface area contributed by atoms with Gasteiger partial charge in [-0.3, -0.25) is 9.59 Å². The lowest BCUT2D eigenvalue weighted by Gasteiger charge is -2.20. The number of nitrogens with zero attached hydrogens (tertiary/aromatic N) is 2. The van der Waals surface area contributed by atoms with Crippen LogP contribution in [0.4, 0.5) is 0 Å². The van der Waals surface area contributed by atoms with Gasteiger partial charge in [0.25, 0.3) is 0 Å². The number of rotatable bonds is 2. The van der Waals surface area contributed by atoms with Gasteiger partial charge < -0.3 is 15.3 Å². The van der Waals surface area contributed by atoms with Crippen molar-refractivity contribution in [3.05, 3.63) is 0 Å². The molecule has 0 aliphatic carbocycles. The molecule has 1 rings (SSSR count). The van der Waals surface area contributed by atoms with Crippen LogP contribution in [0.5, 0.6) is 0 Å². The Balaban J connectivity index is 2.63. The molecule has 1 aliphatic rings. The summed E-state index contributed by atoms with van der Waals surface area (Å²) in [7, 11) is 0. The van der Waals surface area contributed by atoms with Gasteiger partial charge in [0.2, 0.25) is 0 Å². The number of carboxylic acid groups (broad SMARTS) is 1. The lowest BCUT2D eigenvalue weighted by atomic mass is 10.2. The number of carbonyl (C=O) groups is 3. The van der Waals surface area contributed by atoms with Crippen LogP contribution in [0.2, 0.25) is 0 Å². The van der Waals surface area contributed by atoms with E-state index >= 15 is 0 Å². The highest BCUT2D eigenvalue weighted by Crippen LogP contribution is 2.17. The first-order chi connectivity index (χ1) is 7.57. The highest BCUT2D eigenvalue weighted by molar-refractivity contribution is 6.35. The topological polar surface area (TPSA) is 111 Å². The molecular formula is C9H11N3O4. The smallest absolute Gasteiger partial charge is 0.326 e. The normalized spacial score (nSPS) is 18.9. The van der Waals surface area contributed by atoms with Crippen LogP contribution >= 0.6 is 0 Å². The van der Waals surface area contributed by atoms with Crippen molar-refractivity contribution in [1.82, 2.24) is 10.2 Å². The Bertz CT molecular complexity index is 360. The second-order valence-electron chi connectivity index (χ2n) is 3.34. The molecule has 7 nitrogen and oxygen atoms in total. The molecule has 86 valence electrons. The lowest BCUT2D eigenvalue weighted by molar-refractivity contribution is -0.152. The van der Waals surface area contributed by atoms with Crippen LogP contribution in [-0.2, 0) is 14.4 Å². The molecule has 2 N–H and O–H groups in total. The Labute approximate surface area is 91.6 Å². The third kappa shape index (κ3) is 2.48. The first kappa shape index (κ1) is 12.0. The van der Waals surface area contributed by atoms with Gasteiger partial charge >= 0.3 is 17.8 Å². The highest BCUT2D eigenvalue weighted by atomic mass is 16.4. The molecule has 0 saturated carbocycles. The fourth-order valence-corrected chi connectivity index (χ4v) is 1.59. The summed E-state index contributed by atoms with van der Waals surface area (Å²) in [4.78, 5) is 34.5. The van der Waals surface area contributed by atoms with E-state index in [0.717, 1.165) is 4.90 Å². The van der Waals surface area contributed by atoms with Crippen molar-refractivity contribution in [3.8, 4) is 6.07 Å². The van der Waals surface area contributed by atoms with Gasteiger partial charge in [0.1, 0.15) is 12.6 Å². The molecule has 0 aromatic heterocycles. The zero-order valence-electron chi connectivity index (χ0n) is 8.47. The van der Waals surface area contributed by atoms with Crippen LogP contribution < -0.4 is 5.32 Å². The van der Waals surface area contributed by atoms with Crippen molar-refractivity contribution >= 4 is 17.8 Å². The summed E-state index contributed by atoms with van der Waals surface area (Å²) < 4.78 is 0. The van der Waals surface area contributed by atoms with E-state index in [-0.39, 0.29) is 13.1 Å². The Morgan fingerprint density at radius 1 is 1.50 bits per heavy atom. The molecule has 0 bridgehead atoms. The SMILES string of the molecule is N#CCNC(=O)C(=O)N1CCCC1C(=O)O. The minimum atomic E-state index is -1.11. The quantitative estimate of drug-likeness (QED) is 0.448. The summed E-state index contributed by atoms with van der Waals surface area (Å²) >= 11 is 0.